The fourth-order valence-corrected chi connectivity index (χ4v) is 2.98. The number of carbonyl (C=O) groups is 1. The first-order chi connectivity index (χ1) is 10.7. The second-order valence-electron chi connectivity index (χ2n) is 5.38. The molecule has 0 saturated carbocycles. The molecule has 1 aromatic carbocycles. The molecule has 22 heavy (non-hydrogen) atoms. The maximum Gasteiger partial charge on any atom is 0.254 e. The predicted octanol–water partition coefficient (Wildman–Crippen LogP) is 3.01. The second-order valence-corrected chi connectivity index (χ2v) is 5.38. The van der Waals surface area contributed by atoms with Crippen LogP contribution in [0, 0.1) is 0 Å². The summed E-state index contributed by atoms with van der Waals surface area (Å²) in [5, 5.41) is 0. The Labute approximate surface area is 129 Å². The minimum atomic E-state index is 0.00861. The molecule has 0 spiro atoms. The van der Waals surface area contributed by atoms with E-state index in [0.717, 1.165) is 25.1 Å². The van der Waals surface area contributed by atoms with Gasteiger partial charge in [-0.15, -0.1) is 0 Å². The lowest BCUT2D eigenvalue weighted by Gasteiger charge is -2.24. The maximum atomic E-state index is 12.9. The monoisotopic (exact) mass is 300 g/mol. The normalized spacial score (nSPS) is 17.5. The molecule has 0 bridgehead atoms. The third-order valence-corrected chi connectivity index (χ3v) is 4.09. The largest absolute Gasteiger partial charge is 0.497 e. The average molecular weight is 300 g/mol. The van der Waals surface area contributed by atoms with Crippen molar-refractivity contribution in [3.05, 3.63) is 47.8 Å². The highest BCUT2D eigenvalue weighted by atomic mass is 16.5. The van der Waals surface area contributed by atoms with Crippen molar-refractivity contribution in [3.63, 3.8) is 0 Å². The summed E-state index contributed by atoms with van der Waals surface area (Å²) in [6, 6.07) is 9.39. The van der Waals surface area contributed by atoms with Gasteiger partial charge in [-0.1, -0.05) is 0 Å². The fourth-order valence-electron chi connectivity index (χ4n) is 2.98. The number of likely N-dealkylation sites (tertiary alicyclic amines) is 1. The highest BCUT2D eigenvalue weighted by molar-refractivity contribution is 5.95. The highest BCUT2D eigenvalue weighted by Gasteiger charge is 2.31. The quantitative estimate of drug-likeness (QED) is 0.944. The lowest BCUT2D eigenvalue weighted by molar-refractivity contribution is 0.0732. The van der Waals surface area contributed by atoms with Crippen molar-refractivity contribution in [1.29, 1.82) is 0 Å². The van der Waals surface area contributed by atoms with Gasteiger partial charge in [0, 0.05) is 30.1 Å². The first-order valence-electron chi connectivity index (χ1n) is 7.40. The smallest absolute Gasteiger partial charge is 0.254 e. The molecule has 2 heterocycles. The Morgan fingerprint density at radius 3 is 2.55 bits per heavy atom. The van der Waals surface area contributed by atoms with Crippen LogP contribution in [0.2, 0.25) is 0 Å². The number of rotatable bonds is 4. The number of nitrogens with one attached hydrogen (secondary N) is 1. The zero-order chi connectivity index (χ0) is 15.5. The molecular formula is C17H20N2O3. The summed E-state index contributed by atoms with van der Waals surface area (Å²) >= 11 is 0. The molecule has 1 aliphatic heterocycles. The van der Waals surface area contributed by atoms with Crippen molar-refractivity contribution in [2.45, 2.75) is 18.9 Å². The minimum Gasteiger partial charge on any atom is -0.497 e. The number of benzene rings is 1. The zero-order valence-electron chi connectivity index (χ0n) is 12.8. The van der Waals surface area contributed by atoms with Gasteiger partial charge in [-0.2, -0.15) is 0 Å². The molecule has 1 unspecified atom stereocenters. The van der Waals surface area contributed by atoms with E-state index in [1.54, 1.807) is 32.4 Å². The molecular weight excluding hydrogens is 280 g/mol. The van der Waals surface area contributed by atoms with E-state index in [0.29, 0.717) is 17.1 Å². The van der Waals surface area contributed by atoms with Gasteiger partial charge in [0.05, 0.1) is 20.3 Å². The van der Waals surface area contributed by atoms with Crippen LogP contribution in [0.25, 0.3) is 0 Å². The maximum absolute atomic E-state index is 12.9. The number of amides is 1. The summed E-state index contributed by atoms with van der Waals surface area (Å²) in [5.41, 5.74) is 1.68. The molecule has 1 aromatic heterocycles. The van der Waals surface area contributed by atoms with Crippen LogP contribution in [0.1, 0.15) is 34.9 Å². The van der Waals surface area contributed by atoms with E-state index in [1.807, 2.05) is 23.2 Å². The molecule has 1 N–H and O–H groups in total. The molecule has 1 fully saturated rings. The summed E-state index contributed by atoms with van der Waals surface area (Å²) in [6.45, 7) is 0.766. The molecule has 3 rings (SSSR count). The Morgan fingerprint density at radius 1 is 1.23 bits per heavy atom. The molecule has 116 valence electrons. The van der Waals surface area contributed by atoms with Crippen LogP contribution in [0.4, 0.5) is 0 Å². The van der Waals surface area contributed by atoms with Crippen molar-refractivity contribution < 1.29 is 14.3 Å². The SMILES string of the molecule is COc1cc(OC)cc(C(=O)N2CCCC2c2ccc[nH]2)c1. The van der Waals surface area contributed by atoms with Gasteiger partial charge in [0.25, 0.3) is 5.91 Å². The van der Waals surface area contributed by atoms with Crippen molar-refractivity contribution in [2.75, 3.05) is 20.8 Å². The van der Waals surface area contributed by atoms with Crippen molar-refractivity contribution in [3.8, 4) is 11.5 Å². The molecule has 0 radical (unpaired) electrons. The average Bonchev–Trinajstić information content (AvgIpc) is 3.23. The van der Waals surface area contributed by atoms with Crippen LogP contribution in [-0.2, 0) is 0 Å². The molecule has 1 amide bonds. The number of aromatic nitrogens is 1. The summed E-state index contributed by atoms with van der Waals surface area (Å²) in [7, 11) is 3.17. The van der Waals surface area contributed by atoms with Gasteiger partial charge in [-0.3, -0.25) is 4.79 Å². The third kappa shape index (κ3) is 2.66. The minimum absolute atomic E-state index is 0.00861. The lowest BCUT2D eigenvalue weighted by Crippen LogP contribution is -2.30. The molecule has 1 saturated heterocycles. The van der Waals surface area contributed by atoms with Crippen LogP contribution in [0.5, 0.6) is 11.5 Å². The van der Waals surface area contributed by atoms with Crippen LogP contribution < -0.4 is 9.47 Å². The summed E-state index contributed by atoms with van der Waals surface area (Å²) in [5.74, 6) is 1.26. The van der Waals surface area contributed by atoms with E-state index in [1.165, 1.54) is 0 Å². The lowest BCUT2D eigenvalue weighted by atomic mass is 10.1. The molecule has 2 aromatic rings. The molecule has 1 aliphatic rings. The van der Waals surface area contributed by atoms with E-state index >= 15 is 0 Å². The van der Waals surface area contributed by atoms with E-state index in [9.17, 15) is 4.79 Å². The number of methoxy groups -OCH3 is 2. The number of ether oxygens (including phenoxy) is 2. The number of carbonyl (C=O) groups excluding carboxylic acids is 1. The summed E-state index contributed by atoms with van der Waals surface area (Å²) in [4.78, 5) is 18.0. The number of hydrogen-bond donors (Lipinski definition) is 1. The fraction of sp³-hybridized carbons (Fsp3) is 0.353. The molecule has 5 heteroatoms. The Morgan fingerprint density at radius 2 is 1.95 bits per heavy atom. The second kappa shape index (κ2) is 6.13. The first kappa shape index (κ1) is 14.5. The van der Waals surface area contributed by atoms with E-state index in [-0.39, 0.29) is 11.9 Å². The van der Waals surface area contributed by atoms with Crippen LogP contribution in [0.15, 0.2) is 36.5 Å². The van der Waals surface area contributed by atoms with Crippen LogP contribution in [-0.4, -0.2) is 36.6 Å². The van der Waals surface area contributed by atoms with Gasteiger partial charge >= 0.3 is 0 Å². The van der Waals surface area contributed by atoms with Gasteiger partial charge in [0.15, 0.2) is 0 Å². The first-order valence-corrected chi connectivity index (χ1v) is 7.40. The Balaban J connectivity index is 1.90. The number of hydrogen-bond acceptors (Lipinski definition) is 3. The van der Waals surface area contributed by atoms with E-state index in [2.05, 4.69) is 4.98 Å². The third-order valence-electron chi connectivity index (χ3n) is 4.09. The van der Waals surface area contributed by atoms with Crippen molar-refractivity contribution >= 4 is 5.91 Å². The van der Waals surface area contributed by atoms with Crippen LogP contribution in [0.3, 0.4) is 0 Å². The Hall–Kier alpha value is -2.43. The van der Waals surface area contributed by atoms with Crippen LogP contribution >= 0.6 is 0 Å². The van der Waals surface area contributed by atoms with Crippen molar-refractivity contribution in [2.24, 2.45) is 0 Å². The van der Waals surface area contributed by atoms with Crippen molar-refractivity contribution in [1.82, 2.24) is 9.88 Å². The zero-order valence-corrected chi connectivity index (χ0v) is 12.8. The van der Waals surface area contributed by atoms with Gasteiger partial charge in [0.1, 0.15) is 11.5 Å². The Kier molecular flexibility index (Phi) is 4.04. The molecule has 5 nitrogen and oxygen atoms in total. The number of aromatic amines is 1. The topological polar surface area (TPSA) is 54.6 Å². The van der Waals surface area contributed by atoms with Gasteiger partial charge in [-0.05, 0) is 37.1 Å². The molecule has 1 atom stereocenters. The summed E-state index contributed by atoms with van der Waals surface area (Å²) < 4.78 is 10.5. The number of H-pyrrole nitrogens is 1. The predicted molar refractivity (Wildman–Crippen MR) is 83.4 cm³/mol. The number of nitrogens with zero attached hydrogens (tertiary/aromatic N) is 1. The summed E-state index contributed by atoms with van der Waals surface area (Å²) in [6.07, 6.45) is 3.88. The van der Waals surface area contributed by atoms with Gasteiger partial charge < -0.3 is 19.4 Å². The van der Waals surface area contributed by atoms with Gasteiger partial charge in [0.2, 0.25) is 0 Å². The standard InChI is InChI=1S/C17H20N2O3/c1-21-13-9-12(10-14(11-13)22-2)17(20)19-8-4-6-16(19)15-5-3-7-18-15/h3,5,7,9-11,16,18H,4,6,8H2,1-2H3. The van der Waals surface area contributed by atoms with E-state index < -0.39 is 0 Å². The highest BCUT2D eigenvalue weighted by Crippen LogP contribution is 2.33. The van der Waals surface area contributed by atoms with E-state index in [4.69, 9.17) is 9.47 Å². The van der Waals surface area contributed by atoms with Gasteiger partial charge in [-0.25, -0.2) is 0 Å². The molecule has 0 aliphatic carbocycles. The Bertz CT molecular complexity index is 630.